The van der Waals surface area contributed by atoms with Gasteiger partial charge >= 0.3 is 5.97 Å². The van der Waals surface area contributed by atoms with Crippen LogP contribution >= 0.6 is 0 Å². The summed E-state index contributed by atoms with van der Waals surface area (Å²) in [6.45, 7) is 13.8. The number of carbonyl (C=O) groups excluding carboxylic acids is 1. The van der Waals surface area contributed by atoms with E-state index in [9.17, 15) is 14.7 Å². The molecule has 7 atom stereocenters. The topological polar surface area (TPSA) is 113 Å². The second-order valence-corrected chi connectivity index (χ2v) is 14.4. The van der Waals surface area contributed by atoms with E-state index in [-0.39, 0.29) is 17.2 Å². The third-order valence-electron chi connectivity index (χ3n) is 11.2. The fraction of sp³-hybridized carbons (Fsp3) is 0.657. The van der Waals surface area contributed by atoms with Crippen LogP contribution in [0.2, 0.25) is 0 Å². The first-order chi connectivity index (χ1) is 19.2. The van der Waals surface area contributed by atoms with Crippen molar-refractivity contribution in [3.05, 3.63) is 53.1 Å². The molecule has 1 saturated carbocycles. The highest BCUT2D eigenvalue weighted by atomic mass is 16.4. The zero-order chi connectivity index (χ0) is 30.2. The smallest absolute Gasteiger partial charge is 0.332 e. The van der Waals surface area contributed by atoms with Crippen molar-refractivity contribution in [2.75, 3.05) is 5.32 Å². The van der Waals surface area contributed by atoms with E-state index in [0.717, 1.165) is 18.0 Å². The van der Waals surface area contributed by atoms with Crippen LogP contribution in [0.5, 0.6) is 0 Å². The average molecular weight is 565 g/mol. The number of hydrogen-bond acceptors (Lipinski definition) is 4. The molecule has 0 heterocycles. The Kier molecular flexibility index (Phi) is 9.25. The first kappa shape index (κ1) is 31.5. The molecule has 0 aromatic heterocycles. The summed E-state index contributed by atoms with van der Waals surface area (Å²) >= 11 is 0. The highest BCUT2D eigenvalue weighted by Crippen LogP contribution is 2.66. The van der Waals surface area contributed by atoms with E-state index in [1.165, 1.54) is 44.9 Å². The third-order valence-corrected chi connectivity index (χ3v) is 11.2. The fourth-order valence-corrected chi connectivity index (χ4v) is 9.08. The molecule has 5 rings (SSSR count). The van der Waals surface area contributed by atoms with Gasteiger partial charge in [-0.3, -0.25) is 4.79 Å². The Balaban J connectivity index is 0.000000271. The molecule has 6 nitrogen and oxygen atoms in total. The number of anilines is 1. The maximum Gasteiger partial charge on any atom is 0.332 e. The van der Waals surface area contributed by atoms with Gasteiger partial charge < -0.3 is 21.3 Å². The van der Waals surface area contributed by atoms with E-state index in [2.05, 4.69) is 46.0 Å². The van der Waals surface area contributed by atoms with E-state index >= 15 is 0 Å². The number of carboxylic acid groups (broad SMARTS) is 1. The Morgan fingerprint density at radius 3 is 2.34 bits per heavy atom. The Bertz CT molecular complexity index is 1190. The summed E-state index contributed by atoms with van der Waals surface area (Å²) < 4.78 is 0. The zero-order valence-electron chi connectivity index (χ0n) is 26.0. The molecule has 0 aliphatic heterocycles. The number of hydrogen-bond donors (Lipinski definition) is 4. The number of nitrogens with one attached hydrogen (secondary N) is 1. The SMILES string of the molecule is C[C@H](CC(O)C(=O)O)[C@H]1CC=C2C3=C(CC[C@@]21C)[C@@]1(C)CCCC(C)(C)[C@@H]1CC3.C[C@H](N)C(=O)Nc1ccccc1. The number of carbonyl (C=O) groups is 2. The molecule has 5 N–H and O–H groups in total. The summed E-state index contributed by atoms with van der Waals surface area (Å²) in [6, 6.07) is 8.78. The van der Waals surface area contributed by atoms with E-state index in [0.29, 0.717) is 23.2 Å². The number of fused-ring (bicyclic) bond motifs is 4. The van der Waals surface area contributed by atoms with Crippen molar-refractivity contribution in [2.45, 2.75) is 111 Å². The first-order valence-electron chi connectivity index (χ1n) is 15.7. The number of benzene rings is 1. The summed E-state index contributed by atoms with van der Waals surface area (Å²) in [4.78, 5) is 22.2. The molecule has 1 aromatic carbocycles. The fourth-order valence-electron chi connectivity index (χ4n) is 9.08. The number of allylic oxidation sites excluding steroid dienone is 4. The number of aliphatic hydroxyl groups is 1. The van der Waals surface area contributed by atoms with Gasteiger partial charge in [0.25, 0.3) is 0 Å². The standard InChI is InChI=1S/C26H40O3.C9H12N2O/c1-16(15-21(27)23(28)29)18-8-9-19-17-7-10-22-24(2,3)12-6-13-26(22,5)20(17)11-14-25(18,19)4;1-7(10)9(12)11-8-5-3-2-4-6-8/h9,16,18,21-22,27H,6-8,10-15H2,1-5H3,(H,28,29);2-7H,10H2,1H3,(H,11,12)/t16-,18-,21?,22+,25-,26-;7-/m10/s1. The molecule has 6 heteroatoms. The summed E-state index contributed by atoms with van der Waals surface area (Å²) in [5.74, 6) is 0.194. The molecule has 41 heavy (non-hydrogen) atoms. The highest BCUT2D eigenvalue weighted by molar-refractivity contribution is 5.94. The Hall–Kier alpha value is -2.44. The number of aliphatic carboxylic acids is 1. The van der Waals surface area contributed by atoms with Crippen molar-refractivity contribution in [3.8, 4) is 0 Å². The van der Waals surface area contributed by atoms with Gasteiger partial charge in [-0.25, -0.2) is 4.79 Å². The van der Waals surface area contributed by atoms with Gasteiger partial charge in [0.05, 0.1) is 6.04 Å². The maximum atomic E-state index is 11.2. The van der Waals surface area contributed by atoms with E-state index in [4.69, 9.17) is 10.8 Å². The van der Waals surface area contributed by atoms with Crippen molar-refractivity contribution in [3.63, 3.8) is 0 Å². The molecule has 0 radical (unpaired) electrons. The van der Waals surface area contributed by atoms with Gasteiger partial charge in [0.15, 0.2) is 6.10 Å². The third kappa shape index (κ3) is 6.19. The summed E-state index contributed by atoms with van der Waals surface area (Å²) in [5.41, 5.74) is 12.1. The van der Waals surface area contributed by atoms with Gasteiger partial charge in [-0.05, 0) is 116 Å². The average Bonchev–Trinajstić information content (AvgIpc) is 3.26. The number of carboxylic acids is 1. The maximum absolute atomic E-state index is 11.2. The van der Waals surface area contributed by atoms with Crippen LogP contribution in [0.1, 0.15) is 99.3 Å². The molecule has 1 amide bonds. The lowest BCUT2D eigenvalue weighted by Crippen LogP contribution is -2.47. The summed E-state index contributed by atoms with van der Waals surface area (Å²) in [7, 11) is 0. The minimum absolute atomic E-state index is 0.143. The molecule has 0 saturated heterocycles. The van der Waals surface area contributed by atoms with Crippen molar-refractivity contribution < 1.29 is 19.8 Å². The monoisotopic (exact) mass is 564 g/mol. The lowest BCUT2D eigenvalue weighted by atomic mass is 9.47. The lowest BCUT2D eigenvalue weighted by molar-refractivity contribution is -0.147. The summed E-state index contributed by atoms with van der Waals surface area (Å²) in [6.07, 6.45) is 11.6. The molecule has 0 spiro atoms. The van der Waals surface area contributed by atoms with Crippen LogP contribution < -0.4 is 11.1 Å². The quantitative estimate of drug-likeness (QED) is 0.294. The second kappa shape index (κ2) is 12.0. The number of nitrogens with two attached hydrogens (primary N) is 1. The van der Waals surface area contributed by atoms with Crippen LogP contribution in [0.4, 0.5) is 5.69 Å². The zero-order valence-corrected chi connectivity index (χ0v) is 26.0. The molecule has 1 aromatic rings. The Morgan fingerprint density at radius 2 is 1.71 bits per heavy atom. The molecule has 1 unspecified atom stereocenters. The molecule has 0 bridgehead atoms. The van der Waals surface area contributed by atoms with Gasteiger partial charge in [-0.15, -0.1) is 0 Å². The summed E-state index contributed by atoms with van der Waals surface area (Å²) in [5, 5.41) is 21.7. The molecular formula is C35H52N2O4. The minimum atomic E-state index is -1.24. The van der Waals surface area contributed by atoms with Gasteiger partial charge in [-0.1, -0.05) is 70.9 Å². The van der Waals surface area contributed by atoms with Crippen molar-refractivity contribution in [1.82, 2.24) is 0 Å². The van der Waals surface area contributed by atoms with Crippen LogP contribution in [0, 0.1) is 34.0 Å². The minimum Gasteiger partial charge on any atom is -0.479 e. The molecule has 1 fully saturated rings. The highest BCUT2D eigenvalue weighted by Gasteiger charge is 2.55. The number of para-hydroxylation sites is 1. The van der Waals surface area contributed by atoms with Crippen molar-refractivity contribution >= 4 is 17.6 Å². The van der Waals surface area contributed by atoms with Crippen LogP contribution in [0.3, 0.4) is 0 Å². The number of aliphatic hydroxyl groups excluding tert-OH is 1. The van der Waals surface area contributed by atoms with Gasteiger partial charge in [0, 0.05) is 5.69 Å². The number of amides is 1. The predicted molar refractivity (Wildman–Crippen MR) is 165 cm³/mol. The lowest BCUT2D eigenvalue weighted by Gasteiger charge is -2.58. The second-order valence-electron chi connectivity index (χ2n) is 14.4. The first-order valence-corrected chi connectivity index (χ1v) is 15.7. The van der Waals surface area contributed by atoms with Crippen molar-refractivity contribution in [2.24, 2.45) is 39.7 Å². The van der Waals surface area contributed by atoms with E-state index < -0.39 is 18.1 Å². The predicted octanol–water partition coefficient (Wildman–Crippen LogP) is 7.10. The van der Waals surface area contributed by atoms with Crippen LogP contribution in [-0.2, 0) is 9.59 Å². The van der Waals surface area contributed by atoms with Crippen LogP contribution in [0.25, 0.3) is 0 Å². The van der Waals surface area contributed by atoms with E-state index in [1.807, 2.05) is 30.3 Å². The van der Waals surface area contributed by atoms with Gasteiger partial charge in [-0.2, -0.15) is 0 Å². The van der Waals surface area contributed by atoms with Crippen molar-refractivity contribution in [1.29, 1.82) is 0 Å². The largest absolute Gasteiger partial charge is 0.479 e. The Labute approximate surface area is 246 Å². The van der Waals surface area contributed by atoms with Crippen LogP contribution in [-0.4, -0.2) is 34.2 Å². The molecule has 4 aliphatic carbocycles. The Morgan fingerprint density at radius 1 is 1.02 bits per heavy atom. The van der Waals surface area contributed by atoms with Crippen LogP contribution in [0.15, 0.2) is 53.1 Å². The van der Waals surface area contributed by atoms with Gasteiger partial charge in [0.1, 0.15) is 0 Å². The van der Waals surface area contributed by atoms with Gasteiger partial charge in [0.2, 0.25) is 5.91 Å². The molecule has 4 aliphatic rings. The molecular weight excluding hydrogens is 512 g/mol. The normalized spacial score (nSPS) is 32.1. The number of rotatable bonds is 6. The molecule has 226 valence electrons. The van der Waals surface area contributed by atoms with E-state index in [1.54, 1.807) is 23.6 Å².